The largest absolute Gasteiger partial charge is 0.420 e. The smallest absolute Gasteiger partial charge is 0.305 e. The zero-order valence-corrected chi connectivity index (χ0v) is 7.29. The first-order chi connectivity index (χ1) is 5.39. The Hall–Kier alpha value is -1.10. The van der Waals surface area contributed by atoms with Gasteiger partial charge >= 0.3 is 11.9 Å². The third kappa shape index (κ3) is 3.92. The lowest BCUT2D eigenvalue weighted by atomic mass is 10.3. The summed E-state index contributed by atoms with van der Waals surface area (Å²) in [7, 11) is 0. The Balaban J connectivity index is 4.23. The molecule has 12 heavy (non-hydrogen) atoms. The molecule has 0 unspecified atom stereocenters. The van der Waals surface area contributed by atoms with E-state index in [1.165, 1.54) is 6.92 Å². The molecule has 0 heterocycles. The molecule has 0 atom stereocenters. The molecule has 0 amide bonds. The standard InChI is InChI=1S/C7H12O5/c1-5(9)11-7(3,4-8)12-6(2)10/h8H,4H2,1-3H3. The summed E-state index contributed by atoms with van der Waals surface area (Å²) in [5, 5.41) is 8.73. The molecule has 70 valence electrons. The first kappa shape index (κ1) is 10.9. The van der Waals surface area contributed by atoms with Crippen LogP contribution in [-0.2, 0) is 19.1 Å². The predicted octanol–water partition coefficient (Wildman–Crippen LogP) is -0.179. The number of hydrogen-bond acceptors (Lipinski definition) is 5. The van der Waals surface area contributed by atoms with Gasteiger partial charge in [-0.25, -0.2) is 0 Å². The van der Waals surface area contributed by atoms with Crippen LogP contribution >= 0.6 is 0 Å². The van der Waals surface area contributed by atoms with Crippen LogP contribution < -0.4 is 0 Å². The minimum absolute atomic E-state index is 0.563. The number of aliphatic hydroxyl groups is 1. The van der Waals surface area contributed by atoms with Crippen molar-refractivity contribution in [2.45, 2.75) is 26.6 Å². The monoisotopic (exact) mass is 176 g/mol. The molecule has 0 fully saturated rings. The SMILES string of the molecule is CC(=O)OC(C)(CO)OC(C)=O. The Bertz CT molecular complexity index is 170. The fourth-order valence-electron chi connectivity index (χ4n) is 0.693. The first-order valence-corrected chi connectivity index (χ1v) is 3.39. The number of ether oxygens (including phenoxy) is 2. The van der Waals surface area contributed by atoms with Gasteiger partial charge in [0, 0.05) is 20.8 Å². The van der Waals surface area contributed by atoms with Gasteiger partial charge in [0.2, 0.25) is 0 Å². The van der Waals surface area contributed by atoms with Gasteiger partial charge in [-0.2, -0.15) is 0 Å². The van der Waals surface area contributed by atoms with Gasteiger partial charge in [-0.1, -0.05) is 0 Å². The van der Waals surface area contributed by atoms with Gasteiger partial charge in [0.1, 0.15) is 6.61 Å². The molecular weight excluding hydrogens is 164 g/mol. The number of rotatable bonds is 3. The van der Waals surface area contributed by atoms with Gasteiger partial charge in [0.25, 0.3) is 5.79 Å². The lowest BCUT2D eigenvalue weighted by molar-refractivity contribution is -0.230. The Kier molecular flexibility index (Phi) is 3.69. The molecule has 0 saturated heterocycles. The van der Waals surface area contributed by atoms with E-state index in [4.69, 9.17) is 5.11 Å². The van der Waals surface area contributed by atoms with Gasteiger partial charge in [-0.15, -0.1) is 0 Å². The van der Waals surface area contributed by atoms with Crippen molar-refractivity contribution < 1.29 is 24.2 Å². The summed E-state index contributed by atoms with van der Waals surface area (Å²) in [6.07, 6.45) is 0. The van der Waals surface area contributed by atoms with E-state index in [-0.39, 0.29) is 0 Å². The molecule has 0 aliphatic heterocycles. The van der Waals surface area contributed by atoms with Crippen molar-refractivity contribution in [3.05, 3.63) is 0 Å². The van der Waals surface area contributed by atoms with Crippen LogP contribution in [0.2, 0.25) is 0 Å². The molecule has 1 N–H and O–H groups in total. The highest BCUT2D eigenvalue weighted by atomic mass is 16.7. The van der Waals surface area contributed by atoms with E-state index in [1.54, 1.807) is 0 Å². The molecule has 0 aliphatic carbocycles. The van der Waals surface area contributed by atoms with Crippen LogP contribution in [0.15, 0.2) is 0 Å². The van der Waals surface area contributed by atoms with Crippen molar-refractivity contribution in [3.63, 3.8) is 0 Å². The first-order valence-electron chi connectivity index (χ1n) is 3.39. The summed E-state index contributed by atoms with van der Waals surface area (Å²) in [6, 6.07) is 0. The minimum atomic E-state index is -1.56. The number of hydrogen-bond donors (Lipinski definition) is 1. The second-order valence-corrected chi connectivity index (χ2v) is 2.48. The molecular formula is C7H12O5. The molecule has 0 saturated carbocycles. The molecule has 0 bridgehead atoms. The Labute approximate surface area is 70.3 Å². The van der Waals surface area contributed by atoms with E-state index in [1.807, 2.05) is 0 Å². The second kappa shape index (κ2) is 4.06. The van der Waals surface area contributed by atoms with Crippen molar-refractivity contribution in [3.8, 4) is 0 Å². The Morgan fingerprint density at radius 2 is 1.58 bits per heavy atom. The van der Waals surface area contributed by atoms with E-state index in [0.717, 1.165) is 13.8 Å². The van der Waals surface area contributed by atoms with Crippen LogP contribution in [0, 0.1) is 0 Å². The maximum absolute atomic E-state index is 10.5. The summed E-state index contributed by atoms with van der Waals surface area (Å²) in [4.78, 5) is 21.0. The summed E-state index contributed by atoms with van der Waals surface area (Å²) < 4.78 is 9.13. The lowest BCUT2D eigenvalue weighted by Crippen LogP contribution is -2.39. The summed E-state index contributed by atoms with van der Waals surface area (Å²) in [5.74, 6) is -2.79. The third-order valence-electron chi connectivity index (χ3n) is 1.01. The fourth-order valence-corrected chi connectivity index (χ4v) is 0.693. The quantitative estimate of drug-likeness (QED) is 0.477. The number of carbonyl (C=O) groups is 2. The average molecular weight is 176 g/mol. The Morgan fingerprint density at radius 1 is 1.25 bits per heavy atom. The average Bonchev–Trinajstić information content (AvgIpc) is 1.83. The van der Waals surface area contributed by atoms with Gasteiger partial charge in [0.15, 0.2) is 0 Å². The second-order valence-electron chi connectivity index (χ2n) is 2.48. The van der Waals surface area contributed by atoms with Crippen molar-refractivity contribution >= 4 is 11.9 Å². The van der Waals surface area contributed by atoms with Gasteiger partial charge in [-0.3, -0.25) is 9.59 Å². The molecule has 5 heteroatoms. The maximum atomic E-state index is 10.5. The van der Waals surface area contributed by atoms with Crippen LogP contribution in [-0.4, -0.2) is 29.4 Å². The number of esters is 2. The third-order valence-corrected chi connectivity index (χ3v) is 1.01. The molecule has 0 aromatic rings. The van der Waals surface area contributed by atoms with Crippen molar-refractivity contribution in [2.24, 2.45) is 0 Å². The maximum Gasteiger partial charge on any atom is 0.305 e. The lowest BCUT2D eigenvalue weighted by Gasteiger charge is -2.25. The molecule has 0 aliphatic rings. The zero-order chi connectivity index (χ0) is 9.78. The van der Waals surface area contributed by atoms with Crippen LogP contribution in [0.4, 0.5) is 0 Å². The van der Waals surface area contributed by atoms with Crippen molar-refractivity contribution in [2.75, 3.05) is 6.61 Å². The van der Waals surface area contributed by atoms with Gasteiger partial charge in [0.05, 0.1) is 0 Å². The van der Waals surface area contributed by atoms with Crippen molar-refractivity contribution in [1.29, 1.82) is 0 Å². The van der Waals surface area contributed by atoms with Crippen molar-refractivity contribution in [1.82, 2.24) is 0 Å². The molecule has 0 radical (unpaired) electrons. The number of carbonyl (C=O) groups excluding carboxylic acids is 2. The van der Waals surface area contributed by atoms with E-state index < -0.39 is 24.3 Å². The molecule has 0 aromatic carbocycles. The highest BCUT2D eigenvalue weighted by molar-refractivity contribution is 5.68. The Morgan fingerprint density at radius 3 is 1.75 bits per heavy atom. The van der Waals surface area contributed by atoms with Crippen LogP contribution in [0.25, 0.3) is 0 Å². The summed E-state index contributed by atoms with van der Waals surface area (Å²) in [6.45, 7) is 3.07. The van der Waals surface area contributed by atoms with Gasteiger partial charge < -0.3 is 14.6 Å². The summed E-state index contributed by atoms with van der Waals surface area (Å²) in [5.41, 5.74) is 0. The van der Waals surface area contributed by atoms with Crippen LogP contribution in [0.1, 0.15) is 20.8 Å². The molecule has 0 aromatic heterocycles. The van der Waals surface area contributed by atoms with E-state index in [0.29, 0.717) is 0 Å². The van der Waals surface area contributed by atoms with Crippen LogP contribution in [0.5, 0.6) is 0 Å². The van der Waals surface area contributed by atoms with E-state index in [2.05, 4.69) is 9.47 Å². The summed E-state index contributed by atoms with van der Waals surface area (Å²) >= 11 is 0. The number of aliphatic hydroxyl groups excluding tert-OH is 1. The molecule has 0 spiro atoms. The normalized spacial score (nSPS) is 10.7. The minimum Gasteiger partial charge on any atom is -0.420 e. The van der Waals surface area contributed by atoms with E-state index >= 15 is 0 Å². The zero-order valence-electron chi connectivity index (χ0n) is 7.29. The molecule has 0 rings (SSSR count). The highest BCUT2D eigenvalue weighted by Gasteiger charge is 2.30. The van der Waals surface area contributed by atoms with E-state index in [9.17, 15) is 9.59 Å². The molecule has 5 nitrogen and oxygen atoms in total. The highest BCUT2D eigenvalue weighted by Crippen LogP contribution is 2.11. The fraction of sp³-hybridized carbons (Fsp3) is 0.714. The van der Waals surface area contributed by atoms with Crippen LogP contribution in [0.3, 0.4) is 0 Å². The van der Waals surface area contributed by atoms with Gasteiger partial charge in [-0.05, 0) is 0 Å². The predicted molar refractivity (Wildman–Crippen MR) is 39.0 cm³/mol. The topological polar surface area (TPSA) is 72.8 Å².